The third-order valence-electron chi connectivity index (χ3n) is 1.91. The summed E-state index contributed by atoms with van der Waals surface area (Å²) in [6, 6.07) is -0.200. The number of ether oxygens (including phenoxy) is 1. The summed E-state index contributed by atoms with van der Waals surface area (Å²) >= 11 is 0. The molecule has 0 amide bonds. The average Bonchev–Trinajstić information content (AvgIpc) is 2.24. The molecule has 78 valence electrons. The van der Waals surface area contributed by atoms with Crippen molar-refractivity contribution in [3.63, 3.8) is 0 Å². The first kappa shape index (κ1) is 10.9. The van der Waals surface area contributed by atoms with Gasteiger partial charge in [0.05, 0.1) is 18.8 Å². The average molecular weight is 193 g/mol. The Bertz CT molecular complexity index is 177. The quantitative estimate of drug-likeness (QED) is 0.722. The second kappa shape index (κ2) is 3.50. The third kappa shape index (κ3) is 4.00. The van der Waals surface area contributed by atoms with E-state index in [-0.39, 0.29) is 24.6 Å². The minimum Gasteiger partial charge on any atom is -0.374 e. The molecule has 4 heteroatoms. The maximum Gasteiger partial charge on any atom is 0.261 e. The highest BCUT2D eigenvalue weighted by atomic mass is 19.3. The fourth-order valence-corrected chi connectivity index (χ4v) is 1.27. The number of nitrogens with one attached hydrogen (secondary N) is 1. The Morgan fingerprint density at radius 2 is 2.08 bits per heavy atom. The van der Waals surface area contributed by atoms with Crippen LogP contribution in [0.3, 0.4) is 0 Å². The molecule has 1 N–H and O–H groups in total. The third-order valence-corrected chi connectivity index (χ3v) is 1.91. The van der Waals surface area contributed by atoms with E-state index in [4.69, 9.17) is 4.74 Å². The molecule has 0 aromatic carbocycles. The minimum atomic E-state index is -2.55. The summed E-state index contributed by atoms with van der Waals surface area (Å²) in [5.74, 6) is -2.55. The number of rotatable bonds is 2. The molecule has 0 aromatic heterocycles. The van der Waals surface area contributed by atoms with Gasteiger partial charge in [-0.15, -0.1) is 0 Å². The van der Waals surface area contributed by atoms with Gasteiger partial charge in [-0.25, -0.2) is 8.78 Å². The molecule has 0 radical (unpaired) electrons. The second-order valence-electron chi connectivity index (χ2n) is 4.56. The lowest BCUT2D eigenvalue weighted by atomic mass is 10.1. The van der Waals surface area contributed by atoms with Crippen molar-refractivity contribution in [2.45, 2.75) is 44.8 Å². The van der Waals surface area contributed by atoms with Gasteiger partial charge in [0.25, 0.3) is 5.92 Å². The molecule has 1 aliphatic rings. The van der Waals surface area contributed by atoms with Crippen LogP contribution < -0.4 is 5.32 Å². The van der Waals surface area contributed by atoms with Crippen molar-refractivity contribution in [3.8, 4) is 0 Å². The van der Waals surface area contributed by atoms with E-state index < -0.39 is 5.92 Å². The molecule has 1 fully saturated rings. The lowest BCUT2D eigenvalue weighted by Gasteiger charge is -2.22. The smallest absolute Gasteiger partial charge is 0.261 e. The first-order chi connectivity index (χ1) is 5.79. The fraction of sp³-hybridized carbons (Fsp3) is 1.00. The van der Waals surface area contributed by atoms with Crippen LogP contribution in [0.5, 0.6) is 0 Å². The molecule has 1 unspecified atom stereocenters. The van der Waals surface area contributed by atoms with Crippen molar-refractivity contribution in [2.24, 2.45) is 0 Å². The molecular formula is C9H17F2NO. The van der Waals surface area contributed by atoms with Crippen LogP contribution in [0.4, 0.5) is 8.78 Å². The lowest BCUT2D eigenvalue weighted by molar-refractivity contribution is -0.0215. The lowest BCUT2D eigenvalue weighted by Crippen LogP contribution is -2.31. The molecular weight excluding hydrogens is 176 g/mol. The SMILES string of the molecule is CC(C)(C)OCC1CC(F)(F)CN1. The van der Waals surface area contributed by atoms with Crippen molar-refractivity contribution < 1.29 is 13.5 Å². The van der Waals surface area contributed by atoms with Gasteiger partial charge in [-0.2, -0.15) is 0 Å². The van der Waals surface area contributed by atoms with Crippen LogP contribution in [-0.4, -0.2) is 30.7 Å². The maximum absolute atomic E-state index is 12.7. The van der Waals surface area contributed by atoms with E-state index in [2.05, 4.69) is 5.32 Å². The van der Waals surface area contributed by atoms with Crippen LogP contribution in [-0.2, 0) is 4.74 Å². The molecule has 1 aliphatic heterocycles. The Balaban J connectivity index is 2.25. The highest BCUT2D eigenvalue weighted by Gasteiger charge is 2.39. The van der Waals surface area contributed by atoms with Gasteiger partial charge < -0.3 is 10.1 Å². The van der Waals surface area contributed by atoms with Crippen molar-refractivity contribution >= 4 is 0 Å². The van der Waals surface area contributed by atoms with Gasteiger partial charge in [-0.1, -0.05) is 0 Å². The van der Waals surface area contributed by atoms with Gasteiger partial charge >= 0.3 is 0 Å². The van der Waals surface area contributed by atoms with E-state index in [0.29, 0.717) is 6.61 Å². The molecule has 1 atom stereocenters. The summed E-state index contributed by atoms with van der Waals surface area (Å²) in [6.45, 7) is 5.89. The van der Waals surface area contributed by atoms with Gasteiger partial charge in [0.15, 0.2) is 0 Å². The predicted octanol–water partition coefficient (Wildman–Crippen LogP) is 1.80. The van der Waals surface area contributed by atoms with Crippen molar-refractivity contribution in [3.05, 3.63) is 0 Å². The van der Waals surface area contributed by atoms with Gasteiger partial charge in [0.1, 0.15) is 0 Å². The number of halogens is 2. The van der Waals surface area contributed by atoms with Crippen LogP contribution in [0.2, 0.25) is 0 Å². The zero-order valence-corrected chi connectivity index (χ0v) is 8.36. The number of hydrogen-bond donors (Lipinski definition) is 1. The summed E-state index contributed by atoms with van der Waals surface area (Å²) in [4.78, 5) is 0. The summed E-state index contributed by atoms with van der Waals surface area (Å²) in [6.07, 6.45) is -0.108. The van der Waals surface area contributed by atoms with Gasteiger partial charge in [-0.3, -0.25) is 0 Å². The molecule has 0 aliphatic carbocycles. The standard InChI is InChI=1S/C9H17F2NO/c1-8(2,3)13-5-7-4-9(10,11)6-12-7/h7,12H,4-6H2,1-3H3. The Morgan fingerprint density at radius 3 is 2.46 bits per heavy atom. The molecule has 13 heavy (non-hydrogen) atoms. The van der Waals surface area contributed by atoms with Crippen LogP contribution >= 0.6 is 0 Å². The number of alkyl halides is 2. The Morgan fingerprint density at radius 1 is 1.46 bits per heavy atom. The van der Waals surface area contributed by atoms with E-state index in [1.165, 1.54) is 0 Å². The highest BCUT2D eigenvalue weighted by molar-refractivity contribution is 4.87. The van der Waals surface area contributed by atoms with Crippen LogP contribution in [0.1, 0.15) is 27.2 Å². The Kier molecular flexibility index (Phi) is 2.92. The molecule has 2 nitrogen and oxygen atoms in total. The minimum absolute atomic E-state index is 0.108. The molecule has 0 saturated carbocycles. The molecule has 1 saturated heterocycles. The van der Waals surface area contributed by atoms with Crippen molar-refractivity contribution in [1.29, 1.82) is 0 Å². The highest BCUT2D eigenvalue weighted by Crippen LogP contribution is 2.25. The maximum atomic E-state index is 12.7. The zero-order valence-electron chi connectivity index (χ0n) is 8.36. The molecule has 1 heterocycles. The first-order valence-corrected chi connectivity index (χ1v) is 4.54. The Labute approximate surface area is 77.6 Å². The second-order valence-corrected chi connectivity index (χ2v) is 4.56. The zero-order chi connectivity index (χ0) is 10.1. The molecule has 0 spiro atoms. The number of hydrogen-bond acceptors (Lipinski definition) is 2. The summed E-state index contributed by atoms with van der Waals surface area (Å²) < 4.78 is 30.8. The van der Waals surface area contributed by atoms with Gasteiger partial charge in [0.2, 0.25) is 0 Å². The van der Waals surface area contributed by atoms with E-state index >= 15 is 0 Å². The largest absolute Gasteiger partial charge is 0.374 e. The topological polar surface area (TPSA) is 21.3 Å². The molecule has 0 bridgehead atoms. The Hall–Kier alpha value is -0.220. The normalized spacial score (nSPS) is 27.9. The fourth-order valence-electron chi connectivity index (χ4n) is 1.27. The summed E-state index contributed by atoms with van der Waals surface area (Å²) in [5, 5.41) is 2.74. The van der Waals surface area contributed by atoms with Crippen molar-refractivity contribution in [2.75, 3.05) is 13.2 Å². The van der Waals surface area contributed by atoms with E-state index in [1.54, 1.807) is 0 Å². The van der Waals surface area contributed by atoms with Crippen LogP contribution in [0, 0.1) is 0 Å². The summed E-state index contributed by atoms with van der Waals surface area (Å²) in [5.41, 5.74) is -0.250. The van der Waals surface area contributed by atoms with Crippen LogP contribution in [0.25, 0.3) is 0 Å². The van der Waals surface area contributed by atoms with Gasteiger partial charge in [-0.05, 0) is 20.8 Å². The van der Waals surface area contributed by atoms with E-state index in [1.807, 2.05) is 20.8 Å². The van der Waals surface area contributed by atoms with E-state index in [0.717, 1.165) is 0 Å². The predicted molar refractivity (Wildman–Crippen MR) is 47.1 cm³/mol. The summed E-state index contributed by atoms with van der Waals surface area (Å²) in [7, 11) is 0. The molecule has 1 rings (SSSR count). The first-order valence-electron chi connectivity index (χ1n) is 4.54. The van der Waals surface area contributed by atoms with Crippen molar-refractivity contribution in [1.82, 2.24) is 5.32 Å². The monoisotopic (exact) mass is 193 g/mol. The van der Waals surface area contributed by atoms with Crippen LogP contribution in [0.15, 0.2) is 0 Å². The van der Waals surface area contributed by atoms with E-state index in [9.17, 15) is 8.78 Å². The van der Waals surface area contributed by atoms with Gasteiger partial charge in [0, 0.05) is 12.5 Å². The molecule has 0 aromatic rings.